The van der Waals surface area contributed by atoms with E-state index >= 15 is 0 Å². The molecule has 1 saturated carbocycles. The molecule has 1 aliphatic rings. The summed E-state index contributed by atoms with van der Waals surface area (Å²) >= 11 is 0. The molecule has 0 bridgehead atoms. The Bertz CT molecular complexity index is 1410. The summed E-state index contributed by atoms with van der Waals surface area (Å²) in [6.45, 7) is -8.46. The van der Waals surface area contributed by atoms with Crippen molar-refractivity contribution in [3.05, 3.63) is 35.8 Å². The second-order valence-electron chi connectivity index (χ2n) is 4.79. The summed E-state index contributed by atoms with van der Waals surface area (Å²) in [5, 5.41) is 12.1. The van der Waals surface area contributed by atoms with Gasteiger partial charge in [0.1, 0.15) is 0 Å². The Morgan fingerprint density at radius 1 is 1.35 bits per heavy atom. The van der Waals surface area contributed by atoms with Crippen molar-refractivity contribution in [3.8, 4) is 11.8 Å². The SMILES string of the molecule is [2H]c1c([2H])c([2H])c(C(O)(C(=O)OCC#CCN(CC([2H])([2H])[2H])CC([2H])([2H])[2H])C2([2H])C([2H])([2H])C([2H])([2H])C([2H])([2H])C([2H])([2H])C2([2H])[2H])c([2H])c1[2H]. The predicted molar refractivity (Wildman–Crippen MR) is 103 cm³/mol. The van der Waals surface area contributed by atoms with Gasteiger partial charge in [-0.1, -0.05) is 74.9 Å². The quantitative estimate of drug-likeness (QED) is 0.583. The number of esters is 1. The predicted octanol–water partition coefficient (Wildman–Crippen LogP) is 3.34. The van der Waals surface area contributed by atoms with Crippen molar-refractivity contribution < 1.29 is 44.8 Å². The lowest BCUT2D eigenvalue weighted by atomic mass is 9.73. The molecule has 0 radical (unpaired) electrons. The third-order valence-electron chi connectivity index (χ3n) is 3.17. The van der Waals surface area contributed by atoms with Crippen LogP contribution in [0.3, 0.4) is 0 Å². The minimum absolute atomic E-state index is 0.551. The third-order valence-corrected chi connectivity index (χ3v) is 3.17. The van der Waals surface area contributed by atoms with Gasteiger partial charge in [-0.25, -0.2) is 4.79 Å². The van der Waals surface area contributed by atoms with Crippen molar-refractivity contribution in [3.63, 3.8) is 0 Å². The molecular formula is C22H31NO3. The van der Waals surface area contributed by atoms with Crippen molar-refractivity contribution in [2.24, 2.45) is 5.89 Å². The van der Waals surface area contributed by atoms with E-state index in [1.807, 2.05) is 0 Å². The molecule has 0 amide bonds. The summed E-state index contributed by atoms with van der Waals surface area (Å²) in [5.74, 6) is -2.60. The number of benzene rings is 1. The molecule has 1 aromatic rings. The molecule has 142 valence electrons. The average molecular weight is 380 g/mol. The Morgan fingerprint density at radius 2 is 2.04 bits per heavy atom. The Balaban J connectivity index is 2.86. The number of carbonyl (C=O) groups excluding carboxylic acids is 1. The molecule has 4 nitrogen and oxygen atoms in total. The average Bonchev–Trinajstić information content (AvgIpc) is 2.91. The minimum Gasteiger partial charge on any atom is -0.450 e. The van der Waals surface area contributed by atoms with E-state index in [1.165, 1.54) is 0 Å². The molecular weight excluding hydrogens is 326 g/mol. The fraction of sp³-hybridized carbons (Fsp3) is 0.591. The highest BCUT2D eigenvalue weighted by atomic mass is 16.5. The highest BCUT2D eigenvalue weighted by molar-refractivity contribution is 5.81. The van der Waals surface area contributed by atoms with Gasteiger partial charge in [0.2, 0.25) is 0 Å². The van der Waals surface area contributed by atoms with Crippen LogP contribution in [-0.4, -0.2) is 42.2 Å². The Hall–Kier alpha value is -1.83. The third kappa shape index (κ3) is 5.09. The highest BCUT2D eigenvalue weighted by Crippen LogP contribution is 2.40. The Labute approximate surface area is 188 Å². The Kier molecular flexibility index (Phi) is 2.32. The van der Waals surface area contributed by atoms with Gasteiger partial charge >= 0.3 is 5.97 Å². The van der Waals surface area contributed by atoms with Crippen molar-refractivity contribution in [1.29, 1.82) is 0 Å². The van der Waals surface area contributed by atoms with Gasteiger partial charge in [-0.2, -0.15) is 0 Å². The van der Waals surface area contributed by atoms with Crippen LogP contribution in [0.1, 0.15) is 81.3 Å². The molecule has 0 aliphatic heterocycles. The summed E-state index contributed by atoms with van der Waals surface area (Å²) in [4.78, 5) is 14.7. The second-order valence-corrected chi connectivity index (χ2v) is 4.79. The number of rotatable bonds is 7. The van der Waals surface area contributed by atoms with Crippen molar-refractivity contribution in [2.75, 3.05) is 26.2 Å². The lowest BCUT2D eigenvalue weighted by Crippen LogP contribution is -2.45. The van der Waals surface area contributed by atoms with Crippen LogP contribution in [0, 0.1) is 17.7 Å². The largest absolute Gasteiger partial charge is 0.450 e. The van der Waals surface area contributed by atoms with Gasteiger partial charge in [-0.05, 0) is 31.4 Å². The number of ether oxygens (including phenoxy) is 1. The van der Waals surface area contributed by atoms with E-state index in [0.29, 0.717) is 0 Å². The van der Waals surface area contributed by atoms with Gasteiger partial charge in [0.15, 0.2) is 12.2 Å². The highest BCUT2D eigenvalue weighted by Gasteiger charge is 2.46. The molecule has 26 heavy (non-hydrogen) atoms. The normalized spacial score (nSPS) is 41.5. The van der Waals surface area contributed by atoms with Gasteiger partial charge in [0, 0.05) is 29.2 Å². The van der Waals surface area contributed by atoms with Crippen LogP contribution in [-0.2, 0) is 15.1 Å². The maximum absolute atomic E-state index is 13.8. The van der Waals surface area contributed by atoms with E-state index < -0.39 is 125 Å². The molecule has 1 aliphatic carbocycles. The molecule has 1 atom stereocenters. The van der Waals surface area contributed by atoms with E-state index in [4.69, 9.17) is 34.9 Å². The maximum atomic E-state index is 13.8. The smallest absolute Gasteiger partial charge is 0.344 e. The van der Waals surface area contributed by atoms with Crippen LogP contribution in [0.2, 0.25) is 0 Å². The van der Waals surface area contributed by atoms with Crippen LogP contribution in [0.15, 0.2) is 30.2 Å². The zero-order chi connectivity index (χ0) is 38.1. The number of aliphatic hydroxyl groups is 1. The van der Waals surface area contributed by atoms with Crippen molar-refractivity contribution >= 4 is 5.97 Å². The zero-order valence-electron chi connectivity index (χ0n) is 35.5. The lowest BCUT2D eigenvalue weighted by molar-refractivity contribution is -0.174. The van der Waals surface area contributed by atoms with E-state index in [9.17, 15) is 9.90 Å². The lowest BCUT2D eigenvalue weighted by Gasteiger charge is -2.36. The first-order valence-corrected chi connectivity index (χ1v) is 7.28. The fourth-order valence-electron chi connectivity index (χ4n) is 1.78. The first-order chi connectivity index (χ1) is 21.1. The van der Waals surface area contributed by atoms with Crippen LogP contribution in [0.4, 0.5) is 0 Å². The van der Waals surface area contributed by atoms with Crippen molar-refractivity contribution in [1.82, 2.24) is 4.90 Å². The van der Waals surface area contributed by atoms with E-state index in [2.05, 4.69) is 11.8 Å². The van der Waals surface area contributed by atoms with Gasteiger partial charge in [0.05, 0.1) is 13.4 Å². The minimum atomic E-state index is -4.64. The monoisotopic (exact) mass is 379 g/mol. The van der Waals surface area contributed by atoms with Crippen LogP contribution in [0.25, 0.3) is 0 Å². The van der Waals surface area contributed by atoms with Gasteiger partial charge < -0.3 is 9.84 Å². The summed E-state index contributed by atoms with van der Waals surface area (Å²) in [5.41, 5.74) is -6.26. The van der Waals surface area contributed by atoms with Crippen molar-refractivity contribution in [2.45, 2.75) is 51.2 Å². The number of hydrogen-bond donors (Lipinski definition) is 1. The van der Waals surface area contributed by atoms with E-state index in [0.717, 1.165) is 4.90 Å². The van der Waals surface area contributed by atoms with Crippen LogP contribution in [0.5, 0.6) is 0 Å². The summed E-state index contributed by atoms with van der Waals surface area (Å²) in [6.07, 6.45) is -21.6. The summed E-state index contributed by atoms with van der Waals surface area (Å²) in [7, 11) is 0. The maximum Gasteiger partial charge on any atom is 0.344 e. The zero-order valence-corrected chi connectivity index (χ0v) is 13.5. The molecule has 4 heteroatoms. The first kappa shape index (κ1) is 5.83. The molecule has 0 heterocycles. The van der Waals surface area contributed by atoms with Gasteiger partial charge in [-0.15, -0.1) is 0 Å². The number of hydrogen-bond acceptors (Lipinski definition) is 4. The first-order valence-electron chi connectivity index (χ1n) is 18.3. The van der Waals surface area contributed by atoms with Gasteiger partial charge in [-0.3, -0.25) is 4.90 Å². The summed E-state index contributed by atoms with van der Waals surface area (Å²) < 4.78 is 181. The molecule has 2 rings (SSSR count). The Morgan fingerprint density at radius 3 is 2.69 bits per heavy atom. The molecule has 0 spiro atoms. The standard InChI is InChI=1S/C22H31NO3/c1-3-23(4-2)17-11-12-18-26-21(24)22(25,19-13-7-5-8-14-19)20-15-9-6-10-16-20/h5,7-8,13-14,20,25H,3-4,6,9-10,15-18H2,1-2H3/i1D3,2D3,5D,6D2,7D,8D,9D2,10D2,13D,14D,15D2,16D2,20D. The molecule has 1 unspecified atom stereocenters. The number of carbonyl (C=O) groups is 1. The molecule has 0 aromatic heterocycles. The van der Waals surface area contributed by atoms with Gasteiger partial charge in [0.25, 0.3) is 0 Å². The van der Waals surface area contributed by atoms with Crippen LogP contribution < -0.4 is 0 Å². The number of nitrogens with zero attached hydrogens (tertiary/aromatic N) is 1. The molecule has 1 fully saturated rings. The molecule has 1 N–H and O–H groups in total. The summed E-state index contributed by atoms with van der Waals surface area (Å²) in [6, 6.07) is -6.79. The fourth-order valence-corrected chi connectivity index (χ4v) is 1.78. The topological polar surface area (TPSA) is 49.8 Å². The second kappa shape index (κ2) is 10.4. The molecule has 0 saturated heterocycles. The van der Waals surface area contributed by atoms with Crippen LogP contribution >= 0.6 is 0 Å². The van der Waals surface area contributed by atoms with E-state index in [-0.39, 0.29) is 0 Å². The van der Waals surface area contributed by atoms with E-state index in [1.54, 1.807) is 0 Å². The molecule has 1 aromatic carbocycles.